The Morgan fingerprint density at radius 3 is 2.68 bits per heavy atom. The number of aromatic nitrogens is 3. The second kappa shape index (κ2) is 6.85. The third-order valence-corrected chi connectivity index (χ3v) is 5.88. The minimum atomic E-state index is 0.551. The molecule has 1 aromatic carbocycles. The molecule has 1 aliphatic carbocycles. The lowest BCUT2D eigenvalue weighted by Gasteiger charge is -2.26. The summed E-state index contributed by atoms with van der Waals surface area (Å²) < 4.78 is 0. The van der Waals surface area contributed by atoms with E-state index in [4.69, 9.17) is 23.2 Å². The van der Waals surface area contributed by atoms with Crippen molar-refractivity contribution in [2.75, 3.05) is 11.9 Å². The van der Waals surface area contributed by atoms with E-state index in [1.807, 2.05) is 24.4 Å². The number of nitrogens with one attached hydrogen (secondary N) is 3. The van der Waals surface area contributed by atoms with E-state index in [-0.39, 0.29) is 0 Å². The molecule has 1 aliphatic rings. The molecule has 0 aliphatic heterocycles. The van der Waals surface area contributed by atoms with Gasteiger partial charge in [0.2, 0.25) is 0 Å². The second-order valence-corrected chi connectivity index (χ2v) is 7.59. The van der Waals surface area contributed by atoms with Crippen molar-refractivity contribution in [1.82, 2.24) is 4.98 Å². The van der Waals surface area contributed by atoms with Gasteiger partial charge in [0.25, 0.3) is 11.6 Å². The van der Waals surface area contributed by atoms with Crippen LogP contribution in [0.4, 0.5) is 5.82 Å². The largest absolute Gasteiger partial charge is 0.293 e. The molecule has 4 rings (SSSR count). The van der Waals surface area contributed by atoms with Crippen LogP contribution in [0.3, 0.4) is 0 Å². The normalized spacial score (nSPS) is 15.6. The Morgan fingerprint density at radius 2 is 1.88 bits per heavy atom. The molecule has 0 spiro atoms. The fourth-order valence-corrected chi connectivity index (χ4v) is 4.09. The van der Waals surface area contributed by atoms with Gasteiger partial charge in [-0.15, -0.1) is 0 Å². The quantitative estimate of drug-likeness (QED) is 0.716. The minimum Gasteiger partial charge on any atom is -0.261 e. The lowest BCUT2D eigenvalue weighted by molar-refractivity contribution is -0.365. The first-order chi connectivity index (χ1) is 12.1. The number of hydrogen-bond acceptors (Lipinski definition) is 1. The van der Waals surface area contributed by atoms with Gasteiger partial charge in [0, 0.05) is 12.1 Å². The van der Waals surface area contributed by atoms with Crippen molar-refractivity contribution in [3.05, 3.63) is 40.5 Å². The van der Waals surface area contributed by atoms with E-state index in [2.05, 4.69) is 33.0 Å². The molecule has 2 heterocycles. The van der Waals surface area contributed by atoms with Crippen LogP contribution >= 0.6 is 23.2 Å². The van der Waals surface area contributed by atoms with Crippen molar-refractivity contribution in [3.8, 4) is 11.4 Å². The topological polar surface area (TPSA) is 47.3 Å². The van der Waals surface area contributed by atoms with Crippen molar-refractivity contribution in [2.24, 2.45) is 0 Å². The zero-order valence-corrected chi connectivity index (χ0v) is 15.7. The average Bonchev–Trinajstić information content (AvgIpc) is 3.05. The molecule has 0 unspecified atom stereocenters. The molecule has 2 aromatic heterocycles. The number of H-pyrrole nitrogens is 3. The van der Waals surface area contributed by atoms with Gasteiger partial charge in [-0.2, -0.15) is 0 Å². The third-order valence-electron chi connectivity index (χ3n) is 5.16. The first-order valence-electron chi connectivity index (χ1n) is 8.77. The van der Waals surface area contributed by atoms with Crippen LogP contribution in [0.1, 0.15) is 32.1 Å². The fourth-order valence-electron chi connectivity index (χ4n) is 3.76. The highest BCUT2D eigenvalue weighted by atomic mass is 35.5. The monoisotopic (exact) mass is 376 g/mol. The predicted molar refractivity (Wildman–Crippen MR) is 102 cm³/mol. The molecule has 4 nitrogen and oxygen atoms in total. The summed E-state index contributed by atoms with van der Waals surface area (Å²) in [6.45, 7) is 0. The lowest BCUT2D eigenvalue weighted by Crippen LogP contribution is -2.37. The number of imidazole rings is 1. The molecule has 0 atom stereocenters. The summed E-state index contributed by atoms with van der Waals surface area (Å²) in [7, 11) is 2.18. The SMILES string of the molecule is CN(c1[nH+]cccc1-c1[nH]c2cc(Cl)c(Cl)cc2[nH+]1)C1CCCCC1. The van der Waals surface area contributed by atoms with Crippen LogP contribution in [0.15, 0.2) is 30.5 Å². The Hall–Kier alpha value is -1.78. The average molecular weight is 377 g/mol. The van der Waals surface area contributed by atoms with E-state index >= 15 is 0 Å². The van der Waals surface area contributed by atoms with Crippen LogP contribution in [-0.2, 0) is 0 Å². The van der Waals surface area contributed by atoms with E-state index in [1.54, 1.807) is 0 Å². The highest BCUT2D eigenvalue weighted by Gasteiger charge is 2.30. The summed E-state index contributed by atoms with van der Waals surface area (Å²) >= 11 is 12.3. The van der Waals surface area contributed by atoms with Crippen molar-refractivity contribution >= 4 is 40.1 Å². The summed E-state index contributed by atoms with van der Waals surface area (Å²) in [5.74, 6) is 2.07. The standard InChI is InChI=1S/C19H20Cl2N4/c1-25(12-6-3-2-4-7-12)19-13(8-5-9-22-19)18-23-16-10-14(20)15(21)11-17(16)24-18/h5,8-12H,2-4,6-7H2,1H3,(H,23,24)/p+2. The highest BCUT2D eigenvalue weighted by Crippen LogP contribution is 2.31. The zero-order valence-electron chi connectivity index (χ0n) is 14.2. The van der Waals surface area contributed by atoms with Gasteiger partial charge >= 0.3 is 0 Å². The van der Waals surface area contributed by atoms with Crippen LogP contribution in [0.5, 0.6) is 0 Å². The summed E-state index contributed by atoms with van der Waals surface area (Å²) in [5.41, 5.74) is 3.00. The Kier molecular flexibility index (Phi) is 4.57. The van der Waals surface area contributed by atoms with E-state index in [0.717, 1.165) is 28.2 Å². The van der Waals surface area contributed by atoms with Gasteiger partial charge in [0.05, 0.1) is 29.3 Å². The first kappa shape index (κ1) is 16.7. The second-order valence-electron chi connectivity index (χ2n) is 6.77. The van der Waals surface area contributed by atoms with Crippen LogP contribution in [0.2, 0.25) is 10.0 Å². The van der Waals surface area contributed by atoms with Gasteiger partial charge in [-0.3, -0.25) is 4.90 Å². The Balaban J connectivity index is 1.75. The summed E-state index contributed by atoms with van der Waals surface area (Å²) in [6.07, 6.45) is 8.46. The van der Waals surface area contributed by atoms with Crippen molar-refractivity contribution in [2.45, 2.75) is 38.1 Å². The van der Waals surface area contributed by atoms with Gasteiger partial charge in [-0.05, 0) is 37.8 Å². The van der Waals surface area contributed by atoms with Crippen LogP contribution in [0, 0.1) is 0 Å². The Bertz CT molecular complexity index is 861. The summed E-state index contributed by atoms with van der Waals surface area (Å²) in [5, 5.41) is 1.10. The first-order valence-corrected chi connectivity index (χ1v) is 9.53. The maximum Gasteiger partial charge on any atom is 0.293 e. The maximum absolute atomic E-state index is 6.15. The van der Waals surface area contributed by atoms with Gasteiger partial charge in [-0.1, -0.05) is 29.6 Å². The summed E-state index contributed by atoms with van der Waals surface area (Å²) in [4.78, 5) is 12.7. The van der Waals surface area contributed by atoms with Crippen LogP contribution in [-0.4, -0.2) is 18.1 Å². The number of benzene rings is 1. The molecule has 0 radical (unpaired) electrons. The number of halogens is 2. The third kappa shape index (κ3) is 3.21. The zero-order chi connectivity index (χ0) is 17.4. The van der Waals surface area contributed by atoms with E-state index < -0.39 is 0 Å². The fraction of sp³-hybridized carbons (Fsp3) is 0.368. The maximum atomic E-state index is 6.15. The van der Waals surface area contributed by atoms with Gasteiger partial charge in [0.1, 0.15) is 0 Å². The molecule has 1 saturated carbocycles. The Labute approximate surface area is 157 Å². The molecule has 130 valence electrons. The summed E-state index contributed by atoms with van der Waals surface area (Å²) in [6, 6.07) is 8.44. The van der Waals surface area contributed by atoms with Crippen LogP contribution in [0.25, 0.3) is 22.4 Å². The smallest absolute Gasteiger partial charge is 0.261 e. The molecule has 1 fully saturated rings. The molecule has 3 aromatic rings. The van der Waals surface area contributed by atoms with Crippen molar-refractivity contribution in [3.63, 3.8) is 0 Å². The predicted octanol–water partition coefficient (Wildman–Crippen LogP) is 4.54. The van der Waals surface area contributed by atoms with Gasteiger partial charge in [0.15, 0.2) is 16.6 Å². The molecular weight excluding hydrogens is 355 g/mol. The van der Waals surface area contributed by atoms with Crippen molar-refractivity contribution in [1.29, 1.82) is 0 Å². The number of pyridine rings is 1. The number of hydrogen-bond donors (Lipinski definition) is 1. The number of nitrogens with zero attached hydrogens (tertiary/aromatic N) is 1. The van der Waals surface area contributed by atoms with E-state index in [0.29, 0.717) is 16.1 Å². The van der Waals surface area contributed by atoms with E-state index in [1.165, 1.54) is 32.1 Å². The molecule has 0 amide bonds. The number of anilines is 1. The van der Waals surface area contributed by atoms with Crippen molar-refractivity contribution < 1.29 is 9.97 Å². The highest BCUT2D eigenvalue weighted by molar-refractivity contribution is 6.42. The molecule has 25 heavy (non-hydrogen) atoms. The molecule has 6 heteroatoms. The van der Waals surface area contributed by atoms with Crippen LogP contribution < -0.4 is 14.9 Å². The Morgan fingerprint density at radius 1 is 1.12 bits per heavy atom. The van der Waals surface area contributed by atoms with Gasteiger partial charge < -0.3 is 0 Å². The number of rotatable bonds is 3. The number of fused-ring (bicyclic) bond motifs is 1. The molecule has 0 saturated heterocycles. The molecule has 0 bridgehead atoms. The molecule has 3 N–H and O–H groups in total. The lowest BCUT2D eigenvalue weighted by atomic mass is 9.94. The number of aromatic amines is 3. The van der Waals surface area contributed by atoms with Gasteiger partial charge in [-0.25, -0.2) is 15.0 Å². The molecular formula is C19H22Cl2N4+2. The van der Waals surface area contributed by atoms with E-state index in [9.17, 15) is 0 Å². The minimum absolute atomic E-state index is 0.551.